The molecule has 0 saturated carbocycles. The highest BCUT2D eigenvalue weighted by Gasteiger charge is 2.29. The molecule has 22 heavy (non-hydrogen) atoms. The maximum atomic E-state index is 12.7. The maximum Gasteiger partial charge on any atom is 0.225 e. The Bertz CT molecular complexity index is 506. The summed E-state index contributed by atoms with van der Waals surface area (Å²) >= 11 is 6.22. The molecule has 4 nitrogen and oxygen atoms in total. The quantitative estimate of drug-likeness (QED) is 0.838. The van der Waals surface area contributed by atoms with Gasteiger partial charge in [-0.25, -0.2) is 0 Å². The number of rotatable bonds is 2. The number of likely N-dealkylation sites (tertiary alicyclic amines) is 1. The molecule has 2 aliphatic rings. The van der Waals surface area contributed by atoms with E-state index >= 15 is 0 Å². The Kier molecular flexibility index (Phi) is 5.19. The van der Waals surface area contributed by atoms with Crippen LogP contribution in [0.5, 0.6) is 0 Å². The maximum absolute atomic E-state index is 12.7. The molecule has 0 N–H and O–H groups in total. The Morgan fingerprint density at radius 3 is 2.41 bits per heavy atom. The van der Waals surface area contributed by atoms with E-state index in [9.17, 15) is 4.79 Å². The van der Waals surface area contributed by atoms with Gasteiger partial charge in [0.05, 0.1) is 10.7 Å². The monoisotopic (exact) mass is 321 g/mol. The molecule has 5 heteroatoms. The van der Waals surface area contributed by atoms with Crippen molar-refractivity contribution in [1.82, 2.24) is 9.88 Å². The molecule has 1 aromatic heterocycles. The van der Waals surface area contributed by atoms with Gasteiger partial charge in [-0.2, -0.15) is 0 Å². The van der Waals surface area contributed by atoms with Crippen molar-refractivity contribution in [3.05, 3.63) is 23.5 Å². The molecule has 0 unspecified atom stereocenters. The summed E-state index contributed by atoms with van der Waals surface area (Å²) in [4.78, 5) is 21.1. The zero-order valence-electron chi connectivity index (χ0n) is 13.0. The number of carbonyl (C=O) groups excluding carboxylic acids is 1. The van der Waals surface area contributed by atoms with Crippen LogP contribution in [0, 0.1) is 5.92 Å². The van der Waals surface area contributed by atoms with Crippen LogP contribution in [0.15, 0.2) is 18.5 Å². The molecule has 0 bridgehead atoms. The number of amides is 1. The van der Waals surface area contributed by atoms with Crippen LogP contribution in [0.3, 0.4) is 0 Å². The predicted octanol–water partition coefficient (Wildman–Crippen LogP) is 3.35. The van der Waals surface area contributed by atoms with Crippen LogP contribution in [0.4, 0.5) is 5.69 Å². The van der Waals surface area contributed by atoms with Gasteiger partial charge in [-0.15, -0.1) is 0 Å². The van der Waals surface area contributed by atoms with E-state index < -0.39 is 0 Å². The second-order valence-corrected chi connectivity index (χ2v) is 6.74. The molecule has 3 heterocycles. The lowest BCUT2D eigenvalue weighted by atomic mass is 9.95. The van der Waals surface area contributed by atoms with E-state index in [2.05, 4.69) is 14.8 Å². The fourth-order valence-corrected chi connectivity index (χ4v) is 3.78. The Morgan fingerprint density at radius 2 is 1.77 bits per heavy atom. The molecule has 1 aromatic rings. The lowest BCUT2D eigenvalue weighted by Crippen LogP contribution is -2.43. The van der Waals surface area contributed by atoms with Crippen LogP contribution < -0.4 is 4.90 Å². The molecular formula is C17H24ClN3O. The van der Waals surface area contributed by atoms with E-state index in [0.29, 0.717) is 10.9 Å². The Balaban J connectivity index is 1.57. The SMILES string of the molecule is O=C(C1CCN(c2ccncc2Cl)CC1)N1CCCCCC1. The lowest BCUT2D eigenvalue weighted by Gasteiger charge is -2.35. The van der Waals surface area contributed by atoms with Gasteiger partial charge in [0.1, 0.15) is 0 Å². The molecule has 0 radical (unpaired) electrons. The van der Waals surface area contributed by atoms with Gasteiger partial charge in [-0.05, 0) is 31.7 Å². The molecule has 1 amide bonds. The Labute approximate surface area is 137 Å². The van der Waals surface area contributed by atoms with Crippen molar-refractivity contribution in [2.75, 3.05) is 31.1 Å². The standard InChI is InChI=1S/C17H24ClN3O/c18-15-13-19-8-5-16(15)20-11-6-14(7-12-20)17(22)21-9-3-1-2-4-10-21/h5,8,13-14H,1-4,6-7,9-12H2. The summed E-state index contributed by atoms with van der Waals surface area (Å²) in [5.74, 6) is 0.567. The summed E-state index contributed by atoms with van der Waals surface area (Å²) in [7, 11) is 0. The van der Waals surface area contributed by atoms with E-state index in [-0.39, 0.29) is 5.92 Å². The number of halogens is 1. The summed E-state index contributed by atoms with van der Waals surface area (Å²) in [5, 5.41) is 0.694. The Morgan fingerprint density at radius 1 is 1.09 bits per heavy atom. The number of hydrogen-bond acceptors (Lipinski definition) is 3. The molecule has 0 aromatic carbocycles. The first kappa shape index (κ1) is 15.6. The number of piperidine rings is 1. The van der Waals surface area contributed by atoms with Gasteiger partial charge in [0.2, 0.25) is 5.91 Å². The zero-order chi connectivity index (χ0) is 15.4. The van der Waals surface area contributed by atoms with E-state index in [1.807, 2.05) is 6.07 Å². The molecule has 0 aliphatic carbocycles. The van der Waals surface area contributed by atoms with Crippen molar-refractivity contribution in [3.63, 3.8) is 0 Å². The first-order valence-electron chi connectivity index (χ1n) is 8.39. The summed E-state index contributed by atoms with van der Waals surface area (Å²) in [5.41, 5.74) is 1.04. The number of nitrogens with zero attached hydrogens (tertiary/aromatic N) is 3. The predicted molar refractivity (Wildman–Crippen MR) is 89.2 cm³/mol. The van der Waals surface area contributed by atoms with Crippen LogP contribution in [0.1, 0.15) is 38.5 Å². The van der Waals surface area contributed by atoms with Crippen molar-refractivity contribution in [2.24, 2.45) is 5.92 Å². The largest absolute Gasteiger partial charge is 0.370 e. The van der Waals surface area contributed by atoms with Crippen LogP contribution in [0.2, 0.25) is 5.02 Å². The summed E-state index contributed by atoms with van der Waals surface area (Å²) in [6, 6.07) is 1.96. The Hall–Kier alpha value is -1.29. The molecular weight excluding hydrogens is 298 g/mol. The second kappa shape index (κ2) is 7.32. The average Bonchev–Trinajstić information content (AvgIpc) is 2.84. The first-order chi connectivity index (χ1) is 10.8. The van der Waals surface area contributed by atoms with Gasteiger partial charge in [-0.3, -0.25) is 9.78 Å². The van der Waals surface area contributed by atoms with Gasteiger partial charge in [0.25, 0.3) is 0 Å². The molecule has 2 fully saturated rings. The molecule has 0 spiro atoms. The number of aromatic nitrogens is 1. The highest BCUT2D eigenvalue weighted by atomic mass is 35.5. The number of hydrogen-bond donors (Lipinski definition) is 0. The smallest absolute Gasteiger partial charge is 0.225 e. The van der Waals surface area contributed by atoms with Gasteiger partial charge < -0.3 is 9.80 Å². The lowest BCUT2D eigenvalue weighted by molar-refractivity contribution is -0.136. The molecule has 2 saturated heterocycles. The fourth-order valence-electron chi connectivity index (χ4n) is 3.54. The van der Waals surface area contributed by atoms with Crippen molar-refractivity contribution in [3.8, 4) is 0 Å². The fraction of sp³-hybridized carbons (Fsp3) is 0.647. The highest BCUT2D eigenvalue weighted by Crippen LogP contribution is 2.29. The van der Waals surface area contributed by atoms with E-state index in [0.717, 1.165) is 57.5 Å². The van der Waals surface area contributed by atoms with E-state index in [1.165, 1.54) is 12.8 Å². The topological polar surface area (TPSA) is 36.4 Å². The summed E-state index contributed by atoms with van der Waals surface area (Å²) < 4.78 is 0. The average molecular weight is 322 g/mol. The minimum Gasteiger partial charge on any atom is -0.370 e. The van der Waals surface area contributed by atoms with Gasteiger partial charge in [0, 0.05) is 44.5 Å². The molecule has 120 valence electrons. The van der Waals surface area contributed by atoms with E-state index in [4.69, 9.17) is 11.6 Å². The molecule has 2 aliphatic heterocycles. The minimum atomic E-state index is 0.190. The van der Waals surface area contributed by atoms with E-state index in [1.54, 1.807) is 12.4 Å². The molecule has 3 rings (SSSR count). The summed E-state index contributed by atoms with van der Waals surface area (Å²) in [6.07, 6.45) is 10.2. The van der Waals surface area contributed by atoms with Crippen LogP contribution in [-0.2, 0) is 4.79 Å². The van der Waals surface area contributed by atoms with Crippen molar-refractivity contribution < 1.29 is 4.79 Å². The van der Waals surface area contributed by atoms with Crippen molar-refractivity contribution >= 4 is 23.2 Å². The first-order valence-corrected chi connectivity index (χ1v) is 8.77. The van der Waals surface area contributed by atoms with Crippen LogP contribution >= 0.6 is 11.6 Å². The van der Waals surface area contributed by atoms with Gasteiger partial charge >= 0.3 is 0 Å². The number of pyridine rings is 1. The highest BCUT2D eigenvalue weighted by molar-refractivity contribution is 6.33. The summed E-state index contributed by atoms with van der Waals surface area (Å²) in [6.45, 7) is 3.70. The second-order valence-electron chi connectivity index (χ2n) is 6.33. The van der Waals surface area contributed by atoms with Crippen LogP contribution in [0.25, 0.3) is 0 Å². The van der Waals surface area contributed by atoms with Crippen LogP contribution in [-0.4, -0.2) is 42.0 Å². The molecule has 0 atom stereocenters. The van der Waals surface area contributed by atoms with Gasteiger partial charge in [-0.1, -0.05) is 24.4 Å². The number of carbonyl (C=O) groups is 1. The third kappa shape index (κ3) is 3.54. The van der Waals surface area contributed by atoms with Crippen molar-refractivity contribution in [1.29, 1.82) is 0 Å². The van der Waals surface area contributed by atoms with Crippen molar-refractivity contribution in [2.45, 2.75) is 38.5 Å². The third-order valence-corrected chi connectivity index (χ3v) is 5.14. The number of anilines is 1. The third-order valence-electron chi connectivity index (χ3n) is 4.85. The van der Waals surface area contributed by atoms with Gasteiger partial charge in [0.15, 0.2) is 0 Å². The zero-order valence-corrected chi connectivity index (χ0v) is 13.8. The minimum absolute atomic E-state index is 0.190. The normalized spacial score (nSPS) is 20.8.